The molecule has 1 aromatic rings. The molecule has 2 N–H and O–H groups in total. The van der Waals surface area contributed by atoms with Gasteiger partial charge in [-0.2, -0.15) is 0 Å². The molecule has 1 fully saturated rings. The van der Waals surface area contributed by atoms with Crippen LogP contribution in [0.5, 0.6) is 0 Å². The van der Waals surface area contributed by atoms with Crippen molar-refractivity contribution in [1.29, 1.82) is 0 Å². The van der Waals surface area contributed by atoms with Crippen molar-refractivity contribution in [3.63, 3.8) is 0 Å². The van der Waals surface area contributed by atoms with E-state index >= 15 is 0 Å². The monoisotopic (exact) mass is 278 g/mol. The van der Waals surface area contributed by atoms with Gasteiger partial charge >= 0.3 is 0 Å². The molecule has 2 atom stereocenters. The van der Waals surface area contributed by atoms with Crippen LogP contribution in [-0.4, -0.2) is 18.0 Å². The van der Waals surface area contributed by atoms with Gasteiger partial charge in [0.1, 0.15) is 11.5 Å². The normalized spacial score (nSPS) is 21.8. The number of amides is 1. The van der Waals surface area contributed by atoms with Crippen LogP contribution >= 0.6 is 0 Å². The molecule has 1 aromatic heterocycles. The minimum atomic E-state index is -0.159. The van der Waals surface area contributed by atoms with Crippen LogP contribution in [0.1, 0.15) is 58.0 Å². The SMILES string of the molecule is CC1CC1c1ccc(CNCCC(=O)NC(C)(C)C)o1. The fourth-order valence-electron chi connectivity index (χ4n) is 2.30. The van der Waals surface area contributed by atoms with Gasteiger partial charge in [0.05, 0.1) is 6.54 Å². The quantitative estimate of drug-likeness (QED) is 0.787. The van der Waals surface area contributed by atoms with Gasteiger partial charge in [0.15, 0.2) is 0 Å². The summed E-state index contributed by atoms with van der Waals surface area (Å²) < 4.78 is 5.80. The van der Waals surface area contributed by atoms with Crippen LogP contribution in [0.3, 0.4) is 0 Å². The lowest BCUT2D eigenvalue weighted by molar-refractivity contribution is -0.122. The number of rotatable bonds is 6. The van der Waals surface area contributed by atoms with Gasteiger partial charge in [0.25, 0.3) is 0 Å². The van der Waals surface area contributed by atoms with Gasteiger partial charge in [-0.1, -0.05) is 6.92 Å². The Bertz CT molecular complexity index is 459. The van der Waals surface area contributed by atoms with E-state index in [1.807, 2.05) is 26.8 Å². The first-order valence-electron chi connectivity index (χ1n) is 7.45. The average molecular weight is 278 g/mol. The van der Waals surface area contributed by atoms with Crippen LogP contribution < -0.4 is 10.6 Å². The third-order valence-electron chi connectivity index (χ3n) is 3.50. The average Bonchev–Trinajstić information content (AvgIpc) is 2.87. The summed E-state index contributed by atoms with van der Waals surface area (Å²) in [5, 5.41) is 6.20. The van der Waals surface area contributed by atoms with E-state index in [0.29, 0.717) is 25.4 Å². The summed E-state index contributed by atoms with van der Waals surface area (Å²) in [5.74, 6) is 3.54. The maximum Gasteiger partial charge on any atom is 0.221 e. The van der Waals surface area contributed by atoms with Gasteiger partial charge in [0.2, 0.25) is 5.91 Å². The maximum atomic E-state index is 11.6. The molecule has 1 aliphatic carbocycles. The minimum absolute atomic E-state index is 0.0805. The lowest BCUT2D eigenvalue weighted by Gasteiger charge is -2.20. The molecular formula is C16H26N2O2. The Morgan fingerprint density at radius 2 is 2.10 bits per heavy atom. The zero-order valence-corrected chi connectivity index (χ0v) is 13.0. The molecule has 0 radical (unpaired) electrons. The highest BCUT2D eigenvalue weighted by atomic mass is 16.3. The summed E-state index contributed by atoms with van der Waals surface area (Å²) in [5.41, 5.74) is -0.159. The van der Waals surface area contributed by atoms with E-state index in [-0.39, 0.29) is 11.4 Å². The zero-order valence-electron chi connectivity index (χ0n) is 13.0. The second kappa shape index (κ2) is 6.00. The van der Waals surface area contributed by atoms with E-state index in [9.17, 15) is 4.79 Å². The van der Waals surface area contributed by atoms with Crippen LogP contribution in [0.2, 0.25) is 0 Å². The Labute approximate surface area is 121 Å². The Morgan fingerprint density at radius 3 is 2.70 bits per heavy atom. The Balaban J connectivity index is 1.63. The van der Waals surface area contributed by atoms with Crippen molar-refractivity contribution in [2.45, 2.75) is 58.5 Å². The molecule has 20 heavy (non-hydrogen) atoms. The number of hydrogen-bond acceptors (Lipinski definition) is 3. The molecule has 1 saturated carbocycles. The van der Waals surface area contributed by atoms with Gasteiger partial charge < -0.3 is 15.1 Å². The topological polar surface area (TPSA) is 54.3 Å². The molecule has 0 saturated heterocycles. The van der Waals surface area contributed by atoms with Gasteiger partial charge in [-0.3, -0.25) is 4.79 Å². The summed E-state index contributed by atoms with van der Waals surface area (Å²) in [4.78, 5) is 11.6. The lowest BCUT2D eigenvalue weighted by atomic mass is 10.1. The molecule has 1 aliphatic rings. The molecule has 1 heterocycles. The van der Waals surface area contributed by atoms with Gasteiger partial charge in [-0.25, -0.2) is 0 Å². The third kappa shape index (κ3) is 4.67. The highest BCUT2D eigenvalue weighted by Crippen LogP contribution is 2.47. The van der Waals surface area contributed by atoms with E-state index in [1.165, 1.54) is 6.42 Å². The molecule has 0 aromatic carbocycles. The summed E-state index contributed by atoms with van der Waals surface area (Å²) in [7, 11) is 0. The molecule has 0 spiro atoms. The van der Waals surface area contributed by atoms with E-state index < -0.39 is 0 Å². The molecule has 0 aliphatic heterocycles. The van der Waals surface area contributed by atoms with Gasteiger partial charge in [-0.15, -0.1) is 0 Å². The highest BCUT2D eigenvalue weighted by molar-refractivity contribution is 5.76. The van der Waals surface area contributed by atoms with Crippen LogP contribution in [0.4, 0.5) is 0 Å². The lowest BCUT2D eigenvalue weighted by Crippen LogP contribution is -2.41. The predicted octanol–water partition coefficient (Wildman–Crippen LogP) is 2.80. The number of furan rings is 1. The first-order chi connectivity index (χ1) is 9.35. The summed E-state index contributed by atoms with van der Waals surface area (Å²) in [6.45, 7) is 9.56. The van der Waals surface area contributed by atoms with Crippen LogP contribution in [0.15, 0.2) is 16.5 Å². The van der Waals surface area contributed by atoms with E-state index in [4.69, 9.17) is 4.42 Å². The Hall–Kier alpha value is -1.29. The molecule has 1 amide bonds. The van der Waals surface area contributed by atoms with E-state index in [1.54, 1.807) is 0 Å². The van der Waals surface area contributed by atoms with Crippen LogP contribution in [0.25, 0.3) is 0 Å². The standard InChI is InChI=1S/C16H26N2O2/c1-11-9-13(11)14-6-5-12(20-14)10-17-8-7-15(19)18-16(2,3)4/h5-6,11,13,17H,7-10H2,1-4H3,(H,18,19). The van der Waals surface area contributed by atoms with Crippen molar-refractivity contribution in [2.24, 2.45) is 5.92 Å². The van der Waals surface area contributed by atoms with Crippen molar-refractivity contribution in [3.05, 3.63) is 23.7 Å². The molecule has 4 nitrogen and oxygen atoms in total. The van der Waals surface area contributed by atoms with Crippen molar-refractivity contribution >= 4 is 5.91 Å². The molecule has 0 bridgehead atoms. The second-order valence-electron chi connectivity index (χ2n) is 6.85. The predicted molar refractivity (Wildman–Crippen MR) is 79.4 cm³/mol. The van der Waals surface area contributed by atoms with E-state index in [0.717, 1.165) is 17.4 Å². The molecule has 112 valence electrons. The van der Waals surface area contributed by atoms with Crippen LogP contribution in [-0.2, 0) is 11.3 Å². The van der Waals surface area contributed by atoms with Crippen LogP contribution in [0, 0.1) is 5.92 Å². The van der Waals surface area contributed by atoms with Crippen molar-refractivity contribution in [3.8, 4) is 0 Å². The van der Waals surface area contributed by atoms with Gasteiger partial charge in [0, 0.05) is 24.4 Å². The number of nitrogens with one attached hydrogen (secondary N) is 2. The molecule has 4 heteroatoms. The number of carbonyl (C=O) groups is 1. The first kappa shape index (κ1) is 15.1. The largest absolute Gasteiger partial charge is 0.464 e. The Morgan fingerprint density at radius 1 is 1.40 bits per heavy atom. The minimum Gasteiger partial charge on any atom is -0.464 e. The number of hydrogen-bond donors (Lipinski definition) is 2. The Kier molecular flexibility index (Phi) is 4.53. The van der Waals surface area contributed by atoms with Gasteiger partial charge in [-0.05, 0) is 45.2 Å². The maximum absolute atomic E-state index is 11.6. The van der Waals surface area contributed by atoms with Crippen molar-refractivity contribution in [2.75, 3.05) is 6.54 Å². The zero-order chi connectivity index (χ0) is 14.8. The summed E-state index contributed by atoms with van der Waals surface area (Å²) >= 11 is 0. The second-order valence-corrected chi connectivity index (χ2v) is 6.85. The molecule has 2 unspecified atom stereocenters. The third-order valence-corrected chi connectivity index (χ3v) is 3.50. The fourth-order valence-corrected chi connectivity index (χ4v) is 2.30. The first-order valence-corrected chi connectivity index (χ1v) is 7.45. The summed E-state index contributed by atoms with van der Waals surface area (Å²) in [6, 6.07) is 4.11. The fraction of sp³-hybridized carbons (Fsp3) is 0.688. The van der Waals surface area contributed by atoms with Crippen molar-refractivity contribution in [1.82, 2.24) is 10.6 Å². The number of carbonyl (C=O) groups excluding carboxylic acids is 1. The molecular weight excluding hydrogens is 252 g/mol. The smallest absolute Gasteiger partial charge is 0.221 e. The van der Waals surface area contributed by atoms with E-state index in [2.05, 4.69) is 23.6 Å². The molecule has 2 rings (SSSR count). The summed E-state index contributed by atoms with van der Waals surface area (Å²) in [6.07, 6.45) is 1.73. The highest BCUT2D eigenvalue weighted by Gasteiger charge is 2.36. The van der Waals surface area contributed by atoms with Crippen molar-refractivity contribution < 1.29 is 9.21 Å².